The van der Waals surface area contributed by atoms with E-state index < -0.39 is 24.6 Å². The Bertz CT molecular complexity index is 128. The van der Waals surface area contributed by atoms with Gasteiger partial charge in [0.25, 0.3) is 0 Å². The molecule has 0 spiro atoms. The van der Waals surface area contributed by atoms with Crippen LogP contribution in [0.1, 0.15) is 0 Å². The van der Waals surface area contributed by atoms with Crippen LogP contribution in [-0.4, -0.2) is 53.6 Å². The number of hydrogen-bond acceptors (Lipinski definition) is 5. The maximum absolute atomic E-state index is 9.14. The highest BCUT2D eigenvalue weighted by molar-refractivity contribution is 4.85. The van der Waals surface area contributed by atoms with E-state index >= 15 is 0 Å². The normalized spacial score (nSPS) is 44.7. The summed E-state index contributed by atoms with van der Waals surface area (Å²) in [6, 6.07) is 0. The van der Waals surface area contributed by atoms with Crippen LogP contribution in [0.25, 0.3) is 0 Å². The van der Waals surface area contributed by atoms with Gasteiger partial charge in [-0.3, -0.25) is 0 Å². The average Bonchev–Trinajstić information content (AvgIpc) is 2.19. The molecule has 1 heterocycles. The van der Waals surface area contributed by atoms with Crippen molar-refractivity contribution < 1.29 is 24.8 Å². The van der Waals surface area contributed by atoms with Crippen LogP contribution in [0.4, 0.5) is 0 Å². The maximum atomic E-state index is 9.14. The molecule has 0 aromatic heterocycles. The molecule has 0 aromatic carbocycles. The molecule has 1 saturated heterocycles. The van der Waals surface area contributed by atoms with E-state index in [9.17, 15) is 0 Å². The molecule has 0 bridgehead atoms. The van der Waals surface area contributed by atoms with Gasteiger partial charge in [-0.2, -0.15) is 0 Å². The third-order valence-corrected chi connectivity index (χ3v) is 1.67. The van der Waals surface area contributed by atoms with E-state index in [1.807, 2.05) is 0 Å². The highest BCUT2D eigenvalue weighted by Gasteiger charge is 2.41. The zero-order chi connectivity index (χ0) is 8.43. The molecular formula is C6H12O5. The maximum Gasteiger partial charge on any atom is 0.184 e. The SMILES string of the molecule is COC[C@H]1O[C@@H](O)[C@@H](O)[C@H]1O. The summed E-state index contributed by atoms with van der Waals surface area (Å²) in [4.78, 5) is 0. The lowest BCUT2D eigenvalue weighted by Gasteiger charge is -2.11. The first-order chi connectivity index (χ1) is 5.16. The first kappa shape index (κ1) is 8.89. The van der Waals surface area contributed by atoms with Gasteiger partial charge in [0.2, 0.25) is 0 Å². The number of aliphatic hydroxyl groups excluding tert-OH is 3. The summed E-state index contributed by atoms with van der Waals surface area (Å²) < 4.78 is 9.44. The van der Waals surface area contributed by atoms with E-state index in [-0.39, 0.29) is 6.61 Å². The van der Waals surface area contributed by atoms with Crippen LogP contribution in [0, 0.1) is 0 Å². The Kier molecular flexibility index (Phi) is 2.80. The second-order valence-corrected chi connectivity index (χ2v) is 2.50. The molecule has 0 radical (unpaired) electrons. The standard InChI is InChI=1S/C6H12O5/c1-10-2-3-4(7)5(8)6(9)11-3/h3-9H,2H2,1H3/t3-,4+,5+,6-/m1/s1. The second-order valence-electron chi connectivity index (χ2n) is 2.50. The molecule has 5 nitrogen and oxygen atoms in total. The van der Waals surface area contributed by atoms with Crippen molar-refractivity contribution in [1.29, 1.82) is 0 Å². The zero-order valence-corrected chi connectivity index (χ0v) is 6.17. The monoisotopic (exact) mass is 164 g/mol. The molecule has 66 valence electrons. The molecule has 1 aliphatic heterocycles. The number of methoxy groups -OCH3 is 1. The average molecular weight is 164 g/mol. The fraction of sp³-hybridized carbons (Fsp3) is 1.00. The van der Waals surface area contributed by atoms with Crippen LogP contribution in [0.5, 0.6) is 0 Å². The van der Waals surface area contributed by atoms with Crippen molar-refractivity contribution in [3.63, 3.8) is 0 Å². The second kappa shape index (κ2) is 3.46. The van der Waals surface area contributed by atoms with E-state index in [1.54, 1.807) is 0 Å². The van der Waals surface area contributed by atoms with Gasteiger partial charge in [0.05, 0.1) is 6.61 Å². The Labute approximate surface area is 64.2 Å². The van der Waals surface area contributed by atoms with Crippen LogP contribution < -0.4 is 0 Å². The van der Waals surface area contributed by atoms with Gasteiger partial charge in [0, 0.05) is 7.11 Å². The smallest absolute Gasteiger partial charge is 0.184 e. The van der Waals surface area contributed by atoms with Gasteiger partial charge in [0.15, 0.2) is 6.29 Å². The first-order valence-corrected chi connectivity index (χ1v) is 3.35. The predicted molar refractivity (Wildman–Crippen MR) is 34.8 cm³/mol. The minimum Gasteiger partial charge on any atom is -0.387 e. The number of aliphatic hydroxyl groups is 3. The lowest BCUT2D eigenvalue weighted by molar-refractivity contribution is -0.134. The minimum absolute atomic E-state index is 0.162. The van der Waals surface area contributed by atoms with Gasteiger partial charge < -0.3 is 24.8 Å². The Morgan fingerprint density at radius 3 is 2.27 bits per heavy atom. The molecule has 0 aromatic rings. The summed E-state index contributed by atoms with van der Waals surface area (Å²) in [5.74, 6) is 0. The van der Waals surface area contributed by atoms with Gasteiger partial charge in [0.1, 0.15) is 18.3 Å². The predicted octanol–water partition coefficient (Wildman–Crippen LogP) is -1.93. The quantitative estimate of drug-likeness (QED) is 0.443. The summed E-state index contributed by atoms with van der Waals surface area (Å²) in [6.45, 7) is 0.162. The van der Waals surface area contributed by atoms with Crippen molar-refractivity contribution in [2.75, 3.05) is 13.7 Å². The number of ether oxygens (including phenoxy) is 2. The van der Waals surface area contributed by atoms with E-state index in [2.05, 4.69) is 4.74 Å². The van der Waals surface area contributed by atoms with Crippen LogP contribution >= 0.6 is 0 Å². The van der Waals surface area contributed by atoms with E-state index in [4.69, 9.17) is 20.1 Å². The van der Waals surface area contributed by atoms with E-state index in [0.717, 1.165) is 0 Å². The van der Waals surface area contributed by atoms with E-state index in [0.29, 0.717) is 0 Å². The largest absolute Gasteiger partial charge is 0.387 e. The van der Waals surface area contributed by atoms with Crippen LogP contribution in [0.2, 0.25) is 0 Å². The van der Waals surface area contributed by atoms with E-state index in [1.165, 1.54) is 7.11 Å². The number of rotatable bonds is 2. The highest BCUT2D eigenvalue weighted by atomic mass is 16.7. The van der Waals surface area contributed by atoms with Gasteiger partial charge in [-0.1, -0.05) is 0 Å². The lowest BCUT2D eigenvalue weighted by atomic mass is 10.1. The molecule has 0 aliphatic carbocycles. The molecule has 5 heteroatoms. The topological polar surface area (TPSA) is 79.2 Å². The zero-order valence-electron chi connectivity index (χ0n) is 6.17. The van der Waals surface area contributed by atoms with Crippen molar-refractivity contribution in [1.82, 2.24) is 0 Å². The molecule has 11 heavy (non-hydrogen) atoms. The molecule has 1 aliphatic rings. The highest BCUT2D eigenvalue weighted by Crippen LogP contribution is 2.19. The van der Waals surface area contributed by atoms with Gasteiger partial charge in [-0.25, -0.2) is 0 Å². The van der Waals surface area contributed by atoms with Gasteiger partial charge >= 0.3 is 0 Å². The summed E-state index contributed by atoms with van der Waals surface area (Å²) in [5.41, 5.74) is 0. The minimum atomic E-state index is -1.30. The Balaban J connectivity index is 2.45. The van der Waals surface area contributed by atoms with Crippen molar-refractivity contribution in [2.45, 2.75) is 24.6 Å². The Morgan fingerprint density at radius 2 is 1.91 bits per heavy atom. The Morgan fingerprint density at radius 1 is 1.27 bits per heavy atom. The van der Waals surface area contributed by atoms with Crippen molar-refractivity contribution >= 4 is 0 Å². The molecular weight excluding hydrogens is 152 g/mol. The molecule has 4 atom stereocenters. The molecule has 0 saturated carbocycles. The van der Waals surface area contributed by atoms with Crippen LogP contribution in [0.3, 0.4) is 0 Å². The molecule has 1 rings (SSSR count). The van der Waals surface area contributed by atoms with Crippen molar-refractivity contribution in [3.05, 3.63) is 0 Å². The van der Waals surface area contributed by atoms with Gasteiger partial charge in [-0.15, -0.1) is 0 Å². The fourth-order valence-corrected chi connectivity index (χ4v) is 1.03. The lowest BCUT2D eigenvalue weighted by Crippen LogP contribution is -2.34. The molecule has 0 unspecified atom stereocenters. The fourth-order valence-electron chi connectivity index (χ4n) is 1.03. The van der Waals surface area contributed by atoms with Crippen molar-refractivity contribution in [3.8, 4) is 0 Å². The summed E-state index contributed by atoms with van der Waals surface area (Å²) in [6.07, 6.45) is -4.23. The van der Waals surface area contributed by atoms with Gasteiger partial charge in [-0.05, 0) is 0 Å². The Hall–Kier alpha value is -0.200. The first-order valence-electron chi connectivity index (χ1n) is 3.35. The van der Waals surface area contributed by atoms with Crippen LogP contribution in [0.15, 0.2) is 0 Å². The molecule has 0 amide bonds. The summed E-state index contributed by atoms with van der Waals surface area (Å²) in [7, 11) is 1.45. The molecule has 3 N–H and O–H groups in total. The number of hydrogen-bond donors (Lipinski definition) is 3. The third-order valence-electron chi connectivity index (χ3n) is 1.67. The summed E-state index contributed by atoms with van der Waals surface area (Å²) >= 11 is 0. The molecule has 1 fully saturated rings. The van der Waals surface area contributed by atoms with Crippen molar-refractivity contribution in [2.24, 2.45) is 0 Å². The summed E-state index contributed by atoms with van der Waals surface area (Å²) in [5, 5.41) is 27.0. The van der Waals surface area contributed by atoms with Crippen LogP contribution in [-0.2, 0) is 9.47 Å². The third kappa shape index (κ3) is 1.69.